The van der Waals surface area contributed by atoms with Crippen LogP contribution >= 0.6 is 0 Å². The summed E-state index contributed by atoms with van der Waals surface area (Å²) in [4.78, 5) is 69.3. The highest BCUT2D eigenvalue weighted by molar-refractivity contribution is 5.93. The maximum atomic E-state index is 12.9. The van der Waals surface area contributed by atoms with Crippen molar-refractivity contribution in [3.63, 3.8) is 0 Å². The quantitative estimate of drug-likeness (QED) is 0.0224. The number of esters is 6. The number of rotatable bonds is 51. The third-order valence-electron chi connectivity index (χ3n) is 18.2. The van der Waals surface area contributed by atoms with E-state index in [0.717, 1.165) is 164 Å². The normalized spacial score (nSPS) is 15.5. The number of hydrogen-bond donors (Lipinski definition) is 0. The van der Waals surface area contributed by atoms with Gasteiger partial charge in [0, 0.05) is 18.4 Å². The van der Waals surface area contributed by atoms with Crippen molar-refractivity contribution in [2.75, 3.05) is 66.1 Å². The lowest BCUT2D eigenvalue weighted by Crippen LogP contribution is -2.13. The molecule has 2 aliphatic carbocycles. The van der Waals surface area contributed by atoms with Crippen LogP contribution in [-0.4, -0.2) is 102 Å². The first-order valence-corrected chi connectivity index (χ1v) is 38.7. The Morgan fingerprint density at radius 2 is 0.717 bits per heavy atom. The summed E-state index contributed by atoms with van der Waals surface area (Å²) < 4.78 is 54.3. The van der Waals surface area contributed by atoms with E-state index in [1.165, 1.54) is 94.6 Å². The lowest BCUT2D eigenvalue weighted by molar-refractivity contribution is -0.150. The molecule has 0 unspecified atom stereocenters. The van der Waals surface area contributed by atoms with Gasteiger partial charge >= 0.3 is 35.8 Å². The van der Waals surface area contributed by atoms with Gasteiger partial charge in [0.2, 0.25) is 0 Å². The number of carbonyl (C=O) groups is 6. The molecule has 0 spiro atoms. The predicted octanol–water partition coefficient (Wildman–Crippen LogP) is 20.6. The molecular formula is C83H130O16. The third kappa shape index (κ3) is 42.3. The lowest BCUT2D eigenvalue weighted by Gasteiger charge is -2.28. The molecule has 2 saturated carbocycles. The van der Waals surface area contributed by atoms with E-state index in [-0.39, 0.29) is 42.7 Å². The number of hydrogen-bond acceptors (Lipinski definition) is 16. The Labute approximate surface area is 597 Å². The zero-order valence-corrected chi connectivity index (χ0v) is 62.4. The first-order chi connectivity index (χ1) is 48.2. The smallest absolute Gasteiger partial charge is 0.342 e. The van der Waals surface area contributed by atoms with Gasteiger partial charge in [0.15, 0.2) is 0 Å². The van der Waals surface area contributed by atoms with Gasteiger partial charge < -0.3 is 47.4 Å². The zero-order valence-electron chi connectivity index (χ0n) is 62.4. The van der Waals surface area contributed by atoms with E-state index in [2.05, 4.69) is 75.9 Å². The second-order valence-electron chi connectivity index (χ2n) is 26.6. The number of ether oxygens (including phenoxy) is 10. The molecule has 3 aromatic rings. The van der Waals surface area contributed by atoms with Crippen molar-refractivity contribution >= 4 is 35.8 Å². The van der Waals surface area contributed by atoms with Gasteiger partial charge in [0.05, 0.1) is 78.9 Å². The minimum atomic E-state index is -0.431. The van der Waals surface area contributed by atoms with Crippen LogP contribution in [0.1, 0.15) is 313 Å². The molecule has 99 heavy (non-hydrogen) atoms. The first kappa shape index (κ1) is 86.6. The Hall–Kier alpha value is -6.58. The maximum absolute atomic E-state index is 12.9. The average molecular weight is 1380 g/mol. The number of benzene rings is 3. The summed E-state index contributed by atoms with van der Waals surface area (Å²) in [6.45, 7) is 22.3. The highest BCUT2D eigenvalue weighted by Gasteiger charge is 2.24. The molecule has 558 valence electrons. The molecule has 5 rings (SSSR count). The van der Waals surface area contributed by atoms with Crippen LogP contribution in [0.5, 0.6) is 23.0 Å². The summed E-state index contributed by atoms with van der Waals surface area (Å²) in [5.74, 6) is 4.66. The fraction of sp³-hybridized carbons (Fsp3) is 0.687. The SMILES string of the molecule is C=C(C)C(=O)OCCCCCCOC(=O)c1cc(OCCCCCC)ccc1OCCCCCCOC(=O)CC.CCCC1CCC(c2ccc(OCCCCCCOC(=O)CC)cc2)CC1.CCCC1CCC(c2ccc(OCCCCCCOC(=O)CCC(=O)OCC)cc2)CC1. The molecule has 16 heteroatoms. The standard InChI is InChI=1S/C32H50O8.C27H42O5.C24H38O3/c1-5-7-8-13-20-36-27-18-19-29(37-21-14-9-10-15-22-38-30(33)6-2)28(25-27)32(35)40-24-17-12-11-16-23-39-31(34)26(3)4;1-3-9-22-10-12-23(13-11-22)24-14-16-25(17-15-24)31-20-7-5-6-8-21-32-27(29)19-18-26(28)30-4-2;1-3-9-20-10-12-21(13-11-20)22-14-16-23(17-15-22)26-18-7-5-6-8-19-27-24(25)4-2/h18-19,25H,3,5-17,20-24H2,1-2,4H3;14-17,22-23H,3-13,18-21H2,1-2H3;14-17,20-21H,3-13,18-19H2,1-2H3. The summed E-state index contributed by atoms with van der Waals surface area (Å²) in [5.41, 5.74) is 3.71. The first-order valence-electron chi connectivity index (χ1n) is 38.7. The van der Waals surface area contributed by atoms with E-state index in [4.69, 9.17) is 47.4 Å². The summed E-state index contributed by atoms with van der Waals surface area (Å²) in [6, 6.07) is 22.8. The molecule has 2 fully saturated rings. The average Bonchev–Trinajstić information content (AvgIpc) is 1.47. The molecule has 16 nitrogen and oxygen atoms in total. The van der Waals surface area contributed by atoms with Crippen molar-refractivity contribution in [1.29, 1.82) is 0 Å². The van der Waals surface area contributed by atoms with Gasteiger partial charge in [-0.1, -0.05) is 110 Å². The largest absolute Gasteiger partial charge is 0.494 e. The molecular weight excluding hydrogens is 1250 g/mol. The predicted molar refractivity (Wildman–Crippen MR) is 394 cm³/mol. The van der Waals surface area contributed by atoms with E-state index in [1.807, 2.05) is 13.0 Å². The molecule has 0 atom stereocenters. The summed E-state index contributed by atoms with van der Waals surface area (Å²) in [7, 11) is 0. The molecule has 0 heterocycles. The molecule has 0 aliphatic heterocycles. The zero-order chi connectivity index (χ0) is 71.8. The van der Waals surface area contributed by atoms with E-state index in [0.29, 0.717) is 94.9 Å². The fourth-order valence-electron chi connectivity index (χ4n) is 12.3. The Kier molecular flexibility index (Phi) is 50.0. The molecule has 0 saturated heterocycles. The van der Waals surface area contributed by atoms with E-state index in [1.54, 1.807) is 32.9 Å². The molecule has 0 radical (unpaired) electrons. The Bertz CT molecular complexity index is 2600. The molecule has 0 aromatic heterocycles. The summed E-state index contributed by atoms with van der Waals surface area (Å²) >= 11 is 0. The molecule has 0 amide bonds. The van der Waals surface area contributed by atoms with Gasteiger partial charge in [-0.25, -0.2) is 9.59 Å². The van der Waals surface area contributed by atoms with Gasteiger partial charge in [-0.05, 0) is 252 Å². The summed E-state index contributed by atoms with van der Waals surface area (Å²) in [5, 5.41) is 0. The fourth-order valence-corrected chi connectivity index (χ4v) is 12.3. The molecule has 0 bridgehead atoms. The van der Waals surface area contributed by atoms with Crippen LogP contribution in [0.15, 0.2) is 78.9 Å². The minimum absolute atomic E-state index is 0.0884. The Balaban J connectivity index is 0.000000394. The highest BCUT2D eigenvalue weighted by atomic mass is 16.6. The second-order valence-corrected chi connectivity index (χ2v) is 26.6. The molecule has 3 aromatic carbocycles. The van der Waals surface area contributed by atoms with Gasteiger partial charge in [-0.2, -0.15) is 0 Å². The van der Waals surface area contributed by atoms with E-state index < -0.39 is 5.97 Å². The van der Waals surface area contributed by atoms with Crippen LogP contribution in [0.3, 0.4) is 0 Å². The topological polar surface area (TPSA) is 195 Å². The van der Waals surface area contributed by atoms with Crippen LogP contribution < -0.4 is 18.9 Å². The Morgan fingerprint density at radius 3 is 1.11 bits per heavy atom. The van der Waals surface area contributed by atoms with Crippen LogP contribution in [0.25, 0.3) is 0 Å². The second kappa shape index (κ2) is 57.1. The minimum Gasteiger partial charge on any atom is -0.494 e. The van der Waals surface area contributed by atoms with Gasteiger partial charge in [-0.15, -0.1) is 0 Å². The highest BCUT2D eigenvalue weighted by Crippen LogP contribution is 2.39. The van der Waals surface area contributed by atoms with Gasteiger partial charge in [0.25, 0.3) is 0 Å². The van der Waals surface area contributed by atoms with Crippen LogP contribution in [-0.2, 0) is 52.4 Å². The summed E-state index contributed by atoms with van der Waals surface area (Å²) in [6.07, 6.45) is 36.6. The van der Waals surface area contributed by atoms with Crippen molar-refractivity contribution in [2.24, 2.45) is 11.8 Å². The Morgan fingerprint density at radius 1 is 0.364 bits per heavy atom. The van der Waals surface area contributed by atoms with Gasteiger partial charge in [-0.3, -0.25) is 19.2 Å². The molecule has 0 N–H and O–H groups in total. The van der Waals surface area contributed by atoms with Crippen molar-refractivity contribution in [3.05, 3.63) is 95.6 Å². The third-order valence-corrected chi connectivity index (χ3v) is 18.2. The van der Waals surface area contributed by atoms with Crippen LogP contribution in [0, 0.1) is 11.8 Å². The van der Waals surface area contributed by atoms with E-state index >= 15 is 0 Å². The molecule has 2 aliphatic rings. The lowest BCUT2D eigenvalue weighted by atomic mass is 9.77. The van der Waals surface area contributed by atoms with Crippen molar-refractivity contribution in [1.82, 2.24) is 0 Å². The van der Waals surface area contributed by atoms with Crippen LogP contribution in [0.4, 0.5) is 0 Å². The maximum Gasteiger partial charge on any atom is 0.342 e. The monoisotopic (exact) mass is 1380 g/mol. The van der Waals surface area contributed by atoms with Crippen LogP contribution in [0.2, 0.25) is 0 Å². The number of unbranched alkanes of at least 4 members (excludes halogenated alkanes) is 15. The number of carbonyl (C=O) groups excluding carboxylic acids is 6. The van der Waals surface area contributed by atoms with Crippen molar-refractivity contribution in [3.8, 4) is 23.0 Å². The van der Waals surface area contributed by atoms with Gasteiger partial charge in [0.1, 0.15) is 28.6 Å². The van der Waals surface area contributed by atoms with E-state index in [9.17, 15) is 28.8 Å². The van der Waals surface area contributed by atoms with Crippen molar-refractivity contribution in [2.45, 2.75) is 291 Å². The van der Waals surface area contributed by atoms with Crippen molar-refractivity contribution < 1.29 is 76.1 Å².